The first-order valence-corrected chi connectivity index (χ1v) is 11.9. The van der Waals surface area contributed by atoms with Crippen LogP contribution in [0.3, 0.4) is 0 Å². The third kappa shape index (κ3) is 3.69. The molecule has 10 nitrogen and oxygen atoms in total. The topological polar surface area (TPSA) is 107 Å². The van der Waals surface area contributed by atoms with Gasteiger partial charge in [0.25, 0.3) is 5.91 Å². The van der Waals surface area contributed by atoms with Crippen molar-refractivity contribution >= 4 is 34.1 Å². The highest BCUT2D eigenvalue weighted by Crippen LogP contribution is 2.47. The number of ether oxygens (including phenoxy) is 1. The van der Waals surface area contributed by atoms with Crippen molar-refractivity contribution in [2.24, 2.45) is 5.41 Å². The summed E-state index contributed by atoms with van der Waals surface area (Å²) in [4.78, 5) is 31.4. The molecule has 0 radical (unpaired) electrons. The lowest BCUT2D eigenvalue weighted by Crippen LogP contribution is -2.31. The molecule has 6 rings (SSSR count). The van der Waals surface area contributed by atoms with Crippen LogP contribution in [-0.4, -0.2) is 61.8 Å². The van der Waals surface area contributed by atoms with Gasteiger partial charge in [-0.1, -0.05) is 0 Å². The number of carbonyl (C=O) groups excluding carboxylic acids is 2. The first-order chi connectivity index (χ1) is 16.9. The molecule has 1 aliphatic heterocycles. The minimum Gasteiger partial charge on any atom is -0.496 e. The van der Waals surface area contributed by atoms with Crippen LogP contribution in [0.15, 0.2) is 43.0 Å². The second-order valence-electron chi connectivity index (χ2n) is 9.78. The van der Waals surface area contributed by atoms with Crippen molar-refractivity contribution < 1.29 is 14.3 Å². The van der Waals surface area contributed by atoms with Gasteiger partial charge in [0.05, 0.1) is 30.4 Å². The summed E-state index contributed by atoms with van der Waals surface area (Å²) >= 11 is 0. The van der Waals surface area contributed by atoms with E-state index in [4.69, 9.17) is 9.84 Å². The van der Waals surface area contributed by atoms with Gasteiger partial charge < -0.3 is 15.0 Å². The van der Waals surface area contributed by atoms with Crippen molar-refractivity contribution in [3.05, 3.63) is 48.5 Å². The van der Waals surface area contributed by atoms with Crippen LogP contribution in [0.5, 0.6) is 5.75 Å². The summed E-state index contributed by atoms with van der Waals surface area (Å²) in [6, 6.07) is 5.69. The zero-order chi connectivity index (χ0) is 24.2. The van der Waals surface area contributed by atoms with Gasteiger partial charge >= 0.3 is 0 Å². The van der Waals surface area contributed by atoms with Gasteiger partial charge in [-0.15, -0.1) is 0 Å². The molecule has 2 amide bonds. The van der Waals surface area contributed by atoms with E-state index in [0.29, 0.717) is 29.1 Å². The van der Waals surface area contributed by atoms with E-state index in [1.54, 1.807) is 36.3 Å². The Kier molecular flexibility index (Phi) is 4.98. The van der Waals surface area contributed by atoms with Crippen molar-refractivity contribution in [2.75, 3.05) is 26.0 Å². The molecule has 1 saturated heterocycles. The molecular weight excluding hydrogens is 446 g/mol. The van der Waals surface area contributed by atoms with Crippen molar-refractivity contribution in [3.8, 4) is 5.75 Å². The number of likely N-dealkylation sites (tertiary alicyclic amines) is 1. The number of aromatic nitrogens is 5. The average molecular weight is 474 g/mol. The van der Waals surface area contributed by atoms with E-state index in [0.717, 1.165) is 43.1 Å². The number of benzene rings is 1. The van der Waals surface area contributed by atoms with Crippen LogP contribution in [0.4, 0.5) is 5.69 Å². The standard InChI is InChI=1S/C25H27N7O3/c1-30-15-25(12-22(30)33)6-4-17(5-7-25)32-14-16-10-18(21(35-2)11-19(16)29-32)24(34)28-20-13-27-31-9-3-8-26-23(20)31/h3,8-11,13-14,17H,4-7,12,15H2,1-2H3,(H,28,34)/t17-,25+. The lowest BCUT2D eigenvalue weighted by atomic mass is 9.72. The molecule has 180 valence electrons. The number of hydrogen-bond donors (Lipinski definition) is 1. The van der Waals surface area contributed by atoms with Crippen molar-refractivity contribution in [3.63, 3.8) is 0 Å². The predicted molar refractivity (Wildman–Crippen MR) is 129 cm³/mol. The van der Waals surface area contributed by atoms with Gasteiger partial charge in [-0.2, -0.15) is 10.2 Å². The maximum atomic E-state index is 13.2. The number of nitrogens with zero attached hydrogens (tertiary/aromatic N) is 6. The fraction of sp³-hybridized carbons (Fsp3) is 0.400. The number of carbonyl (C=O) groups is 2. The Morgan fingerprint density at radius 3 is 2.83 bits per heavy atom. The minimum atomic E-state index is -0.299. The Balaban J connectivity index is 1.24. The van der Waals surface area contributed by atoms with Crippen LogP contribution in [-0.2, 0) is 4.79 Å². The minimum absolute atomic E-state index is 0.121. The molecule has 0 bridgehead atoms. The average Bonchev–Trinajstić information content (AvgIpc) is 3.54. The Bertz CT molecular complexity index is 1450. The number of nitrogens with one attached hydrogen (secondary N) is 1. The molecule has 1 saturated carbocycles. The van der Waals surface area contributed by atoms with Gasteiger partial charge in [-0.25, -0.2) is 9.50 Å². The normalized spacial score (nSPS) is 22.4. The van der Waals surface area contributed by atoms with Crippen LogP contribution in [0.1, 0.15) is 48.5 Å². The van der Waals surface area contributed by atoms with Crippen LogP contribution in [0.25, 0.3) is 16.6 Å². The van der Waals surface area contributed by atoms with E-state index in [1.807, 2.05) is 35.0 Å². The van der Waals surface area contributed by atoms with Crippen LogP contribution in [0, 0.1) is 5.41 Å². The van der Waals surface area contributed by atoms with E-state index in [2.05, 4.69) is 15.4 Å². The van der Waals surface area contributed by atoms with E-state index in [1.165, 1.54) is 0 Å². The van der Waals surface area contributed by atoms with E-state index >= 15 is 0 Å². The molecule has 1 spiro atoms. The van der Waals surface area contributed by atoms with E-state index < -0.39 is 0 Å². The van der Waals surface area contributed by atoms with Crippen LogP contribution >= 0.6 is 0 Å². The Labute approximate surface area is 201 Å². The van der Waals surface area contributed by atoms with Crippen LogP contribution in [0.2, 0.25) is 0 Å². The maximum absolute atomic E-state index is 13.2. The fourth-order valence-electron chi connectivity index (χ4n) is 5.63. The maximum Gasteiger partial charge on any atom is 0.259 e. The van der Waals surface area contributed by atoms with Crippen molar-refractivity contribution in [1.29, 1.82) is 0 Å². The summed E-state index contributed by atoms with van der Waals surface area (Å²) < 4.78 is 9.16. The molecular formula is C25H27N7O3. The summed E-state index contributed by atoms with van der Waals surface area (Å²) in [7, 11) is 3.45. The molecule has 4 heterocycles. The SMILES string of the molecule is COc1cc2nn([C@H]3CC[C@@]4(CC3)CC(=O)N(C)C4)cc2cc1C(=O)Nc1cnn2cccnc12. The summed E-state index contributed by atoms with van der Waals surface area (Å²) in [5.74, 6) is 0.414. The first-order valence-electron chi connectivity index (χ1n) is 11.9. The fourth-order valence-corrected chi connectivity index (χ4v) is 5.63. The smallest absolute Gasteiger partial charge is 0.259 e. The molecule has 35 heavy (non-hydrogen) atoms. The molecule has 1 N–H and O–H groups in total. The molecule has 0 atom stereocenters. The summed E-state index contributed by atoms with van der Waals surface area (Å²) in [6.45, 7) is 0.859. The van der Waals surface area contributed by atoms with Crippen molar-refractivity contribution in [1.82, 2.24) is 29.3 Å². The van der Waals surface area contributed by atoms with E-state index in [9.17, 15) is 9.59 Å². The third-order valence-electron chi connectivity index (χ3n) is 7.53. The number of methoxy groups -OCH3 is 1. The van der Waals surface area contributed by atoms with Gasteiger partial charge in [0, 0.05) is 50.1 Å². The second kappa shape index (κ2) is 8.07. The Morgan fingerprint density at radius 1 is 1.26 bits per heavy atom. The van der Waals surface area contributed by atoms with Gasteiger partial charge in [0.1, 0.15) is 11.4 Å². The second-order valence-corrected chi connectivity index (χ2v) is 9.78. The lowest BCUT2D eigenvalue weighted by molar-refractivity contribution is -0.126. The van der Waals surface area contributed by atoms with Crippen LogP contribution < -0.4 is 10.1 Å². The highest BCUT2D eigenvalue weighted by Gasteiger charge is 2.44. The number of fused-ring (bicyclic) bond motifs is 2. The zero-order valence-electron chi connectivity index (χ0n) is 19.8. The molecule has 1 aromatic carbocycles. The third-order valence-corrected chi connectivity index (χ3v) is 7.53. The van der Waals surface area contributed by atoms with Gasteiger partial charge in [-0.05, 0) is 43.2 Å². The first kappa shape index (κ1) is 21.6. The molecule has 10 heteroatoms. The number of rotatable bonds is 4. The molecule has 0 unspecified atom stereocenters. The zero-order valence-corrected chi connectivity index (χ0v) is 19.8. The van der Waals surface area contributed by atoms with E-state index in [-0.39, 0.29) is 23.3 Å². The largest absolute Gasteiger partial charge is 0.496 e. The molecule has 2 fully saturated rings. The monoisotopic (exact) mass is 473 g/mol. The van der Waals surface area contributed by atoms with Crippen molar-refractivity contribution in [2.45, 2.75) is 38.1 Å². The quantitative estimate of drug-likeness (QED) is 0.487. The molecule has 1 aliphatic carbocycles. The van der Waals surface area contributed by atoms with Gasteiger partial charge in [0.15, 0.2) is 5.65 Å². The lowest BCUT2D eigenvalue weighted by Gasteiger charge is -2.36. The molecule has 4 aromatic rings. The summed E-state index contributed by atoms with van der Waals surface area (Å²) in [5.41, 5.74) is 2.42. The summed E-state index contributed by atoms with van der Waals surface area (Å²) in [5, 5.41) is 12.8. The van der Waals surface area contributed by atoms with Gasteiger partial charge in [0.2, 0.25) is 5.91 Å². The highest BCUT2D eigenvalue weighted by atomic mass is 16.5. The number of hydrogen-bond acceptors (Lipinski definition) is 6. The predicted octanol–water partition coefficient (Wildman–Crippen LogP) is 3.30. The summed E-state index contributed by atoms with van der Waals surface area (Å²) in [6.07, 6.45) is 11.7. The molecule has 3 aromatic heterocycles. The Morgan fingerprint density at radius 2 is 2.09 bits per heavy atom. The number of anilines is 1. The Hall–Kier alpha value is -3.95. The number of amides is 2. The van der Waals surface area contributed by atoms with Gasteiger partial charge in [-0.3, -0.25) is 14.3 Å². The molecule has 2 aliphatic rings. The highest BCUT2D eigenvalue weighted by molar-refractivity contribution is 6.09.